The molecule has 1 heterocycles. The van der Waals surface area contributed by atoms with Gasteiger partial charge in [-0.1, -0.05) is 31.2 Å². The molecule has 0 saturated carbocycles. The summed E-state index contributed by atoms with van der Waals surface area (Å²) in [5.74, 6) is -0.691. The van der Waals surface area contributed by atoms with Crippen molar-refractivity contribution in [3.8, 4) is 0 Å². The largest absolute Gasteiger partial charge is 0.463 e. The van der Waals surface area contributed by atoms with Crippen molar-refractivity contribution in [1.29, 1.82) is 0 Å². The van der Waals surface area contributed by atoms with Crippen LogP contribution in [0.15, 0.2) is 29.1 Å². The van der Waals surface area contributed by atoms with Crippen molar-refractivity contribution in [2.24, 2.45) is 0 Å². The Balaban J connectivity index is 2.55. The van der Waals surface area contributed by atoms with E-state index in [2.05, 4.69) is 6.92 Å². The Kier molecular flexibility index (Phi) is 8.39. The first-order valence-electron chi connectivity index (χ1n) is 9.89. The summed E-state index contributed by atoms with van der Waals surface area (Å²) in [6, 6.07) is 7.96. The fraction of sp³-hybridized carbons (Fsp3) is 0.409. The maximum absolute atomic E-state index is 13.0. The molecule has 0 atom stereocenters. The van der Waals surface area contributed by atoms with Crippen LogP contribution in [0, 0.1) is 0 Å². The number of benzene rings is 1. The predicted octanol–water partition coefficient (Wildman–Crippen LogP) is 1.51. The van der Waals surface area contributed by atoms with Gasteiger partial charge in [0, 0.05) is 13.1 Å². The quantitative estimate of drug-likeness (QED) is 0.612. The second-order valence-electron chi connectivity index (χ2n) is 6.40. The number of rotatable bonds is 8. The van der Waals surface area contributed by atoms with Crippen molar-refractivity contribution in [2.75, 3.05) is 19.7 Å². The zero-order valence-corrected chi connectivity index (χ0v) is 18.3. The van der Waals surface area contributed by atoms with E-state index in [-0.39, 0.29) is 24.6 Å². The Labute approximate surface area is 174 Å². The van der Waals surface area contributed by atoms with Crippen LogP contribution in [0.5, 0.6) is 0 Å². The van der Waals surface area contributed by atoms with Gasteiger partial charge in [-0.25, -0.2) is 4.79 Å². The summed E-state index contributed by atoms with van der Waals surface area (Å²) in [4.78, 5) is 39.2. The van der Waals surface area contributed by atoms with Crippen molar-refractivity contribution >= 4 is 35.4 Å². The Hall–Kier alpha value is -2.67. The van der Waals surface area contributed by atoms with E-state index in [0.717, 1.165) is 12.0 Å². The number of likely N-dealkylation sites (N-methyl/N-ethyl adjacent to an activating group) is 1. The molecule has 0 N–H and O–H groups in total. The topological polar surface area (TPSA) is 68.6 Å². The van der Waals surface area contributed by atoms with Gasteiger partial charge < -0.3 is 9.64 Å². The highest BCUT2D eigenvalue weighted by Crippen LogP contribution is 2.05. The Morgan fingerprint density at radius 2 is 1.76 bits per heavy atom. The summed E-state index contributed by atoms with van der Waals surface area (Å²) in [7, 11) is 0. The average molecular weight is 417 g/mol. The lowest BCUT2D eigenvalue weighted by atomic mass is 10.1. The maximum atomic E-state index is 13.0. The molecule has 0 aliphatic carbocycles. The molecule has 1 aromatic heterocycles. The molecule has 29 heavy (non-hydrogen) atoms. The zero-order valence-electron chi connectivity index (χ0n) is 17.4. The minimum absolute atomic E-state index is 0.106. The number of hydrogen-bond acceptors (Lipinski definition) is 5. The van der Waals surface area contributed by atoms with Gasteiger partial charge in [-0.2, -0.15) is 0 Å². The van der Waals surface area contributed by atoms with E-state index in [1.54, 1.807) is 17.9 Å². The summed E-state index contributed by atoms with van der Waals surface area (Å²) in [6.45, 7) is 8.85. The number of carbonyl (C=O) groups excluding carboxylic acids is 2. The van der Waals surface area contributed by atoms with Crippen molar-refractivity contribution in [2.45, 2.75) is 40.7 Å². The molecule has 7 heteroatoms. The van der Waals surface area contributed by atoms with Crippen LogP contribution in [0.4, 0.5) is 0 Å². The van der Waals surface area contributed by atoms with E-state index in [1.807, 2.05) is 38.1 Å². The molecule has 1 amide bonds. The summed E-state index contributed by atoms with van der Waals surface area (Å²) < 4.78 is 7.21. The maximum Gasteiger partial charge on any atom is 0.333 e. The fourth-order valence-corrected chi connectivity index (χ4v) is 3.92. The number of thiazole rings is 1. The van der Waals surface area contributed by atoms with Crippen LogP contribution in [-0.2, 0) is 27.3 Å². The monoisotopic (exact) mass is 416 g/mol. The molecule has 0 spiro atoms. The number of amides is 1. The molecule has 0 fully saturated rings. The third kappa shape index (κ3) is 5.90. The molecule has 2 aromatic rings. The second-order valence-corrected chi connectivity index (χ2v) is 7.46. The van der Waals surface area contributed by atoms with E-state index >= 15 is 0 Å². The molecule has 0 bridgehead atoms. The molecular weight excluding hydrogens is 388 g/mol. The summed E-state index contributed by atoms with van der Waals surface area (Å²) >= 11 is 1.18. The van der Waals surface area contributed by atoms with Crippen LogP contribution < -0.4 is 14.8 Å². The Bertz CT molecular complexity index is 1010. The van der Waals surface area contributed by atoms with Crippen LogP contribution >= 0.6 is 11.3 Å². The summed E-state index contributed by atoms with van der Waals surface area (Å²) in [5.41, 5.74) is 1.82. The first kappa shape index (κ1) is 22.6. The number of hydrogen-bond donors (Lipinski definition) is 0. The molecule has 0 saturated heterocycles. The normalized spacial score (nSPS) is 12.3. The number of esters is 1. The van der Waals surface area contributed by atoms with Gasteiger partial charge in [0.15, 0.2) is 0 Å². The third-order valence-corrected chi connectivity index (χ3v) is 5.62. The molecule has 0 unspecified atom stereocenters. The molecule has 2 rings (SSSR count). The van der Waals surface area contributed by atoms with E-state index in [4.69, 9.17) is 4.74 Å². The molecule has 0 aliphatic heterocycles. The van der Waals surface area contributed by atoms with Gasteiger partial charge in [-0.05, 0) is 44.4 Å². The number of ether oxygens (including phenoxy) is 1. The number of aryl methyl sites for hydroxylation is 1. The van der Waals surface area contributed by atoms with Gasteiger partial charge in [0.1, 0.15) is 11.2 Å². The van der Waals surface area contributed by atoms with E-state index in [9.17, 15) is 14.4 Å². The van der Waals surface area contributed by atoms with Crippen molar-refractivity contribution in [1.82, 2.24) is 9.47 Å². The molecule has 0 radical (unpaired) electrons. The number of aromatic nitrogens is 1. The number of carbonyl (C=O) groups is 2. The minimum atomic E-state index is -0.531. The highest BCUT2D eigenvalue weighted by atomic mass is 32.1. The lowest BCUT2D eigenvalue weighted by molar-refractivity contribution is -0.135. The fourth-order valence-electron chi connectivity index (χ4n) is 2.89. The van der Waals surface area contributed by atoms with Gasteiger partial charge in [-0.3, -0.25) is 14.2 Å². The van der Waals surface area contributed by atoms with Crippen molar-refractivity contribution in [3.05, 3.63) is 54.9 Å². The lowest BCUT2D eigenvalue weighted by Crippen LogP contribution is -2.40. The van der Waals surface area contributed by atoms with E-state index in [0.29, 0.717) is 22.3 Å². The van der Waals surface area contributed by atoms with Gasteiger partial charge in [0.25, 0.3) is 5.56 Å². The van der Waals surface area contributed by atoms with Crippen LogP contribution in [0.2, 0.25) is 0 Å². The van der Waals surface area contributed by atoms with Crippen molar-refractivity contribution in [3.63, 3.8) is 0 Å². The Morgan fingerprint density at radius 1 is 1.10 bits per heavy atom. The summed E-state index contributed by atoms with van der Waals surface area (Å²) in [6.07, 6.45) is 4.01. The first-order chi connectivity index (χ1) is 13.9. The van der Waals surface area contributed by atoms with Gasteiger partial charge in [0.05, 0.1) is 17.2 Å². The molecule has 0 aliphatic rings. The van der Waals surface area contributed by atoms with Gasteiger partial charge >= 0.3 is 5.97 Å². The zero-order chi connectivity index (χ0) is 21.4. The lowest BCUT2D eigenvalue weighted by Gasteiger charge is -2.18. The molecule has 1 aromatic carbocycles. The predicted molar refractivity (Wildman–Crippen MR) is 116 cm³/mol. The standard InChI is InChI=1S/C22H28N2O4S/c1-5-16-9-11-17(12-10-16)13-18-22(27)24(15-19(25)23(6-2)7-3)20(29-18)14-21(26)28-8-4/h9-14H,5-8,15H2,1-4H3/b18-13+,20-14+. The minimum Gasteiger partial charge on any atom is -0.463 e. The van der Waals surface area contributed by atoms with Crippen LogP contribution in [0.3, 0.4) is 0 Å². The summed E-state index contributed by atoms with van der Waals surface area (Å²) in [5, 5.41) is 0. The smallest absolute Gasteiger partial charge is 0.333 e. The SMILES string of the molecule is CCOC(=O)/C=c1/s/c(=C/c2ccc(CC)cc2)c(=O)n1CC(=O)N(CC)CC. The highest BCUT2D eigenvalue weighted by molar-refractivity contribution is 7.07. The van der Waals surface area contributed by atoms with Gasteiger partial charge in [-0.15, -0.1) is 11.3 Å². The highest BCUT2D eigenvalue weighted by Gasteiger charge is 2.14. The Morgan fingerprint density at radius 3 is 2.31 bits per heavy atom. The van der Waals surface area contributed by atoms with Gasteiger partial charge in [0.2, 0.25) is 5.91 Å². The van der Waals surface area contributed by atoms with Crippen LogP contribution in [0.25, 0.3) is 12.2 Å². The van der Waals surface area contributed by atoms with Crippen molar-refractivity contribution < 1.29 is 14.3 Å². The molecule has 6 nitrogen and oxygen atoms in total. The third-order valence-electron chi connectivity index (χ3n) is 4.56. The molecular formula is C22H28N2O4S. The van der Waals surface area contributed by atoms with Crippen LogP contribution in [-0.4, -0.2) is 41.0 Å². The average Bonchev–Trinajstić information content (AvgIpc) is 2.98. The van der Waals surface area contributed by atoms with E-state index in [1.165, 1.54) is 27.5 Å². The van der Waals surface area contributed by atoms with Crippen LogP contribution in [0.1, 0.15) is 38.8 Å². The molecule has 156 valence electrons. The second kappa shape index (κ2) is 10.8. The van der Waals surface area contributed by atoms with E-state index < -0.39 is 5.97 Å². The number of nitrogens with zero attached hydrogens (tertiary/aromatic N) is 2. The first-order valence-corrected chi connectivity index (χ1v) is 10.7.